The zero-order chi connectivity index (χ0) is 36.3. The Kier molecular flexibility index (Phi) is 14.4. The quantitative estimate of drug-likeness (QED) is 0.0922. The summed E-state index contributed by atoms with van der Waals surface area (Å²) < 4.78 is 36.0. The number of fused-ring (bicyclic) bond motifs is 2. The van der Waals surface area contributed by atoms with E-state index in [1.54, 1.807) is 0 Å². The zero-order valence-corrected chi connectivity index (χ0v) is 32.5. The fraction of sp³-hybridized carbons (Fsp3) is 0.0652. The second-order valence-corrected chi connectivity index (χ2v) is 16.7. The van der Waals surface area contributed by atoms with Crippen LogP contribution in [0.15, 0.2) is 188 Å². The monoisotopic (exact) mass is 830 g/mol. The van der Waals surface area contributed by atoms with Gasteiger partial charge in [0.1, 0.15) is 11.5 Å². The Bertz CT molecular complexity index is 1890. The van der Waals surface area contributed by atoms with Crippen molar-refractivity contribution in [2.75, 3.05) is 0 Å². The second-order valence-electron chi connectivity index (χ2n) is 12.3. The molecule has 1 aliphatic heterocycles. The number of benzene rings is 7. The molecule has 0 aromatic heterocycles. The number of hydrogen-bond donors (Lipinski definition) is 0. The topological polar surface area (TPSA) is 9.23 Å². The summed E-state index contributed by atoms with van der Waals surface area (Å²) in [4.78, 5) is 0. The number of ether oxygens (including phenoxy) is 1. The molecule has 53 heavy (non-hydrogen) atoms. The van der Waals surface area contributed by atoms with Gasteiger partial charge in [-0.2, -0.15) is 36.4 Å². The first-order chi connectivity index (χ1) is 25.4. The normalized spacial score (nSPS) is 12.2. The molecule has 0 bridgehead atoms. The summed E-state index contributed by atoms with van der Waals surface area (Å²) in [6.45, 7) is 1.61. The Morgan fingerprint density at radius 3 is 1.02 bits per heavy atom. The van der Waals surface area contributed by atoms with Gasteiger partial charge >= 0.3 is 20.4 Å². The van der Waals surface area contributed by atoms with Crippen molar-refractivity contribution in [2.24, 2.45) is 0 Å². The summed E-state index contributed by atoms with van der Waals surface area (Å²) in [5.74, 6) is 2.02. The van der Waals surface area contributed by atoms with Gasteiger partial charge in [0.05, 0.1) is 0 Å². The molecule has 7 heteroatoms. The Labute approximate surface area is 327 Å². The van der Waals surface area contributed by atoms with E-state index >= 15 is 0 Å². The summed E-state index contributed by atoms with van der Waals surface area (Å²) in [5.41, 5.74) is 2.26. The standard InChI is InChI=1S/C39H32OP2.C6H5.CF3.Pd/c1-39(2)33-25-15-27-35(41(29-17-7-3-8-18-29)30-19-9-4-10-20-30)37(33)40-38-34(39)26-16-28-36(38)42(31-21-11-5-12-22-31)32-23-13-6-14-24-32;1-2-4-6-5-3-1;2-1(3)4;/h3-28H,1-2H3;1-5H;;/q;2*-1;+2. The third-order valence-corrected chi connectivity index (χ3v) is 13.6. The minimum Gasteiger partial charge on any atom is -0.455 e. The number of rotatable bonds is 6. The molecule has 7 aromatic carbocycles. The Hall–Kier alpha value is -4.35. The van der Waals surface area contributed by atoms with Crippen LogP contribution in [0.25, 0.3) is 0 Å². The predicted molar refractivity (Wildman–Crippen MR) is 214 cm³/mol. The van der Waals surface area contributed by atoms with Crippen LogP contribution in [0.4, 0.5) is 13.2 Å². The van der Waals surface area contributed by atoms with Gasteiger partial charge in [-0.05, 0) is 37.1 Å². The molecule has 0 atom stereocenters. The van der Waals surface area contributed by atoms with Gasteiger partial charge in [-0.25, -0.2) is 0 Å². The van der Waals surface area contributed by atoms with Crippen molar-refractivity contribution in [2.45, 2.75) is 19.3 Å². The average Bonchev–Trinajstić information content (AvgIpc) is 3.18. The van der Waals surface area contributed by atoms with Gasteiger partial charge < -0.3 is 17.9 Å². The van der Waals surface area contributed by atoms with E-state index in [4.69, 9.17) is 4.74 Å². The summed E-state index contributed by atoms with van der Waals surface area (Å²) >= 11 is 0. The van der Waals surface area contributed by atoms with Crippen molar-refractivity contribution in [3.8, 4) is 11.5 Å². The molecule has 1 nitrogen and oxygen atoms in total. The minimum absolute atomic E-state index is 0. The van der Waals surface area contributed by atoms with Crippen molar-refractivity contribution >= 4 is 47.7 Å². The molecule has 1 aliphatic rings. The second kappa shape index (κ2) is 19.1. The first-order valence-electron chi connectivity index (χ1n) is 16.9. The molecule has 0 radical (unpaired) electrons. The maximum atomic E-state index is 9.58. The Balaban J connectivity index is 0.000000432. The largest absolute Gasteiger partial charge is 2.00 e. The number of para-hydroxylation sites is 2. The van der Waals surface area contributed by atoms with Crippen LogP contribution in [0.3, 0.4) is 0 Å². The van der Waals surface area contributed by atoms with E-state index in [0.29, 0.717) is 0 Å². The smallest absolute Gasteiger partial charge is 0.455 e. The molecule has 8 rings (SSSR count). The van der Waals surface area contributed by atoms with Crippen LogP contribution in [0.2, 0.25) is 0 Å². The fourth-order valence-electron chi connectivity index (χ4n) is 6.35. The summed E-state index contributed by atoms with van der Waals surface area (Å²) in [7, 11) is -1.65. The van der Waals surface area contributed by atoms with Crippen molar-refractivity contribution in [1.29, 1.82) is 0 Å². The Morgan fingerprint density at radius 2 is 0.755 bits per heavy atom. The van der Waals surface area contributed by atoms with Gasteiger partial charge in [-0.3, -0.25) is 0 Å². The third kappa shape index (κ3) is 9.61. The van der Waals surface area contributed by atoms with Crippen molar-refractivity contribution in [1.82, 2.24) is 0 Å². The molecule has 0 aliphatic carbocycles. The molecule has 0 spiro atoms. The first-order valence-corrected chi connectivity index (χ1v) is 19.5. The predicted octanol–water partition coefficient (Wildman–Crippen LogP) is 10.5. The first kappa shape index (κ1) is 39.9. The van der Waals surface area contributed by atoms with Crippen LogP contribution in [0.5, 0.6) is 11.5 Å². The van der Waals surface area contributed by atoms with E-state index < -0.39 is 22.5 Å². The third-order valence-electron chi connectivity index (χ3n) is 8.69. The minimum atomic E-state index is -3.08. The van der Waals surface area contributed by atoms with Crippen LogP contribution in [-0.4, -0.2) is 0 Å². The number of hydrogen-bond acceptors (Lipinski definition) is 1. The van der Waals surface area contributed by atoms with Crippen LogP contribution in [0.1, 0.15) is 25.0 Å². The maximum absolute atomic E-state index is 9.58. The molecule has 268 valence electrons. The average molecular weight is 831 g/mol. The summed E-state index contributed by atoms with van der Waals surface area (Å²) in [6.07, 6.45) is 0. The van der Waals surface area contributed by atoms with E-state index in [1.165, 1.54) is 43.0 Å². The Morgan fingerprint density at radius 1 is 0.453 bits per heavy atom. The van der Waals surface area contributed by atoms with Crippen LogP contribution >= 0.6 is 15.8 Å². The summed E-state index contributed by atoms with van der Waals surface area (Å²) in [6, 6.07) is 69.7. The molecule has 1 heterocycles. The van der Waals surface area contributed by atoms with Crippen LogP contribution in [-0.2, 0) is 25.8 Å². The van der Waals surface area contributed by atoms with Gasteiger partial charge in [0.25, 0.3) is 0 Å². The molecular weight excluding hydrogens is 794 g/mol. The molecule has 0 unspecified atom stereocenters. The number of halogens is 3. The van der Waals surface area contributed by atoms with Crippen molar-refractivity contribution < 1.29 is 38.3 Å². The van der Waals surface area contributed by atoms with Gasteiger partial charge in [0, 0.05) is 27.2 Å². The van der Waals surface area contributed by atoms with E-state index in [0.717, 1.165) is 11.5 Å². The van der Waals surface area contributed by atoms with E-state index in [-0.39, 0.29) is 25.8 Å². The van der Waals surface area contributed by atoms with Crippen molar-refractivity contribution in [3.63, 3.8) is 0 Å². The molecule has 0 saturated heterocycles. The SMILES string of the molecule is CC1(C)c2cccc(P(c3ccccc3)c3ccccc3)c2Oc2c(P(c3ccccc3)c3ccccc3)cccc21.F[C-](F)F.[Pd+2].[c-]1ccccc1. The van der Waals surface area contributed by atoms with Gasteiger partial charge in [0.15, 0.2) is 6.68 Å². The zero-order valence-electron chi connectivity index (χ0n) is 29.2. The van der Waals surface area contributed by atoms with E-state index in [9.17, 15) is 13.2 Å². The molecule has 0 N–H and O–H groups in total. The van der Waals surface area contributed by atoms with Gasteiger partial charge in [-0.15, -0.1) is 0 Å². The molecular formula is C46H37F3OP2Pd. The summed E-state index contributed by atoms with van der Waals surface area (Å²) in [5, 5.41) is 7.81. The molecule has 0 fully saturated rings. The maximum Gasteiger partial charge on any atom is 2.00 e. The van der Waals surface area contributed by atoms with E-state index in [2.05, 4.69) is 178 Å². The van der Waals surface area contributed by atoms with Crippen LogP contribution in [0, 0.1) is 12.7 Å². The molecule has 7 aromatic rings. The fourth-order valence-corrected chi connectivity index (χ4v) is 11.2. The molecule has 0 amide bonds. The van der Waals surface area contributed by atoms with Crippen molar-refractivity contribution in [3.05, 3.63) is 212 Å². The van der Waals surface area contributed by atoms with Gasteiger partial charge in [-0.1, -0.05) is 172 Å². The van der Waals surface area contributed by atoms with Crippen LogP contribution < -0.4 is 36.6 Å². The van der Waals surface area contributed by atoms with E-state index in [1.807, 2.05) is 30.3 Å². The van der Waals surface area contributed by atoms with Gasteiger partial charge in [0.2, 0.25) is 0 Å². The molecule has 0 saturated carbocycles.